The Bertz CT molecular complexity index is 1370. The van der Waals surface area contributed by atoms with Crippen LogP contribution in [0.4, 0.5) is 5.69 Å². The van der Waals surface area contributed by atoms with Crippen LogP contribution in [0, 0.1) is 11.3 Å². The summed E-state index contributed by atoms with van der Waals surface area (Å²) in [6.07, 6.45) is 3.55. The lowest BCUT2D eigenvalue weighted by Crippen LogP contribution is -2.35. The number of amides is 1. The van der Waals surface area contributed by atoms with Gasteiger partial charge in [-0.3, -0.25) is 4.79 Å². The summed E-state index contributed by atoms with van der Waals surface area (Å²) in [5, 5.41) is 14.7. The zero-order valence-corrected chi connectivity index (χ0v) is 17.6. The molecule has 0 unspecified atom stereocenters. The van der Waals surface area contributed by atoms with E-state index in [-0.39, 0.29) is 12.5 Å². The molecule has 0 atom stereocenters. The number of hydrogen-bond acceptors (Lipinski definition) is 5. The molecule has 4 aromatic rings. The summed E-state index contributed by atoms with van der Waals surface area (Å²) in [6, 6.07) is 19.4. The summed E-state index contributed by atoms with van der Waals surface area (Å²) < 4.78 is 8.18. The summed E-state index contributed by atoms with van der Waals surface area (Å²) in [5.74, 6) is 1.06. The molecule has 5 rings (SSSR count). The first-order valence-electron chi connectivity index (χ1n) is 10.3. The predicted molar refractivity (Wildman–Crippen MR) is 122 cm³/mol. The van der Waals surface area contributed by atoms with Crippen LogP contribution in [0.15, 0.2) is 67.1 Å². The largest absolute Gasteiger partial charge is 0.456 e. The third-order valence-corrected chi connectivity index (χ3v) is 5.69. The molecule has 1 amide bonds. The van der Waals surface area contributed by atoms with Gasteiger partial charge < -0.3 is 19.5 Å². The van der Waals surface area contributed by atoms with Crippen molar-refractivity contribution < 1.29 is 9.53 Å². The molecule has 0 fully saturated rings. The number of ether oxygens (including phenoxy) is 1. The lowest BCUT2D eigenvalue weighted by molar-refractivity contribution is -0.117. The van der Waals surface area contributed by atoms with E-state index in [1.807, 2.05) is 53.1 Å². The Morgan fingerprint density at radius 2 is 2.03 bits per heavy atom. The van der Waals surface area contributed by atoms with Gasteiger partial charge in [-0.05, 0) is 41.3 Å². The molecule has 3 aromatic carbocycles. The molecule has 32 heavy (non-hydrogen) atoms. The van der Waals surface area contributed by atoms with Gasteiger partial charge in [0.25, 0.3) is 0 Å². The standard InChI is InChI=1S/C25H21N5O2/c1-29-23-4-2-3-18-7-8-21(10-22(18)23)32-24-9-17(5-6-19(24)11-26)15-30-16-28-13-20(30)12-27-14-25(29)31/h2-10,13,16,27H,12,14-15H2,1H3. The summed E-state index contributed by atoms with van der Waals surface area (Å²) >= 11 is 0. The van der Waals surface area contributed by atoms with E-state index in [2.05, 4.69) is 16.4 Å². The number of benzene rings is 3. The van der Waals surface area contributed by atoms with Crippen molar-refractivity contribution in [1.29, 1.82) is 5.26 Å². The maximum Gasteiger partial charge on any atom is 0.240 e. The molecule has 0 saturated heterocycles. The number of fused-ring (bicyclic) bond motifs is 4. The highest BCUT2D eigenvalue weighted by atomic mass is 16.5. The van der Waals surface area contributed by atoms with E-state index in [4.69, 9.17) is 4.74 Å². The fraction of sp³-hybridized carbons (Fsp3) is 0.160. The molecule has 0 aliphatic carbocycles. The van der Waals surface area contributed by atoms with Gasteiger partial charge in [-0.2, -0.15) is 5.26 Å². The van der Waals surface area contributed by atoms with Crippen molar-refractivity contribution in [3.63, 3.8) is 0 Å². The minimum Gasteiger partial charge on any atom is -0.456 e. The fourth-order valence-corrected chi connectivity index (χ4v) is 3.94. The number of nitriles is 1. The van der Waals surface area contributed by atoms with E-state index in [9.17, 15) is 10.1 Å². The molecule has 0 saturated carbocycles. The number of likely N-dealkylation sites (N-methyl/N-ethyl adjacent to an activating group) is 1. The molecule has 7 nitrogen and oxygen atoms in total. The van der Waals surface area contributed by atoms with Crippen LogP contribution in [0.5, 0.6) is 11.5 Å². The van der Waals surface area contributed by atoms with Gasteiger partial charge in [0.2, 0.25) is 5.91 Å². The quantitative estimate of drug-likeness (QED) is 0.465. The van der Waals surface area contributed by atoms with Crippen molar-refractivity contribution in [3.8, 4) is 17.6 Å². The van der Waals surface area contributed by atoms with E-state index in [0.717, 1.165) is 27.7 Å². The lowest BCUT2D eigenvalue weighted by atomic mass is 10.1. The maximum absolute atomic E-state index is 12.9. The number of carbonyl (C=O) groups excluding carboxylic acids is 1. The third kappa shape index (κ3) is 3.68. The normalized spacial score (nSPS) is 14.1. The average Bonchev–Trinajstić information content (AvgIpc) is 3.24. The first kappa shape index (κ1) is 19.8. The van der Waals surface area contributed by atoms with Crippen molar-refractivity contribution in [2.45, 2.75) is 13.1 Å². The average molecular weight is 423 g/mol. The van der Waals surface area contributed by atoms with Gasteiger partial charge in [0.15, 0.2) is 0 Å². The van der Waals surface area contributed by atoms with Crippen LogP contribution in [0.3, 0.4) is 0 Å². The number of nitrogens with zero attached hydrogens (tertiary/aromatic N) is 4. The van der Waals surface area contributed by atoms with Crippen LogP contribution >= 0.6 is 0 Å². The van der Waals surface area contributed by atoms with E-state index < -0.39 is 0 Å². The molecule has 1 aliphatic rings. The van der Waals surface area contributed by atoms with Gasteiger partial charge in [-0.1, -0.05) is 24.3 Å². The fourth-order valence-electron chi connectivity index (χ4n) is 3.94. The topological polar surface area (TPSA) is 83.2 Å². The second-order valence-corrected chi connectivity index (χ2v) is 7.77. The Balaban J connectivity index is 1.65. The molecule has 2 heterocycles. The van der Waals surface area contributed by atoms with Gasteiger partial charge in [0.05, 0.1) is 29.8 Å². The van der Waals surface area contributed by atoms with Gasteiger partial charge in [0, 0.05) is 31.7 Å². The molecular formula is C25H21N5O2. The van der Waals surface area contributed by atoms with E-state index in [1.165, 1.54) is 0 Å². The van der Waals surface area contributed by atoms with Crippen LogP contribution in [-0.4, -0.2) is 29.1 Å². The molecule has 0 spiro atoms. The highest BCUT2D eigenvalue weighted by Crippen LogP contribution is 2.33. The van der Waals surface area contributed by atoms with Crippen molar-refractivity contribution >= 4 is 22.4 Å². The number of hydrogen-bond donors (Lipinski definition) is 1. The highest BCUT2D eigenvalue weighted by molar-refractivity contribution is 6.04. The van der Waals surface area contributed by atoms with Crippen molar-refractivity contribution in [1.82, 2.24) is 14.9 Å². The Hall–Kier alpha value is -4.15. The summed E-state index contributed by atoms with van der Waals surface area (Å²) in [6.45, 7) is 1.29. The number of imidazole rings is 1. The molecule has 4 bridgehead atoms. The third-order valence-electron chi connectivity index (χ3n) is 5.69. The molecule has 1 aromatic heterocycles. The van der Waals surface area contributed by atoms with Crippen molar-refractivity contribution in [3.05, 3.63) is 83.9 Å². The van der Waals surface area contributed by atoms with Crippen molar-refractivity contribution in [2.75, 3.05) is 18.5 Å². The Morgan fingerprint density at radius 1 is 1.12 bits per heavy atom. The monoisotopic (exact) mass is 423 g/mol. The molecule has 0 radical (unpaired) electrons. The number of aromatic nitrogens is 2. The van der Waals surface area contributed by atoms with Crippen LogP contribution in [0.25, 0.3) is 10.8 Å². The zero-order valence-electron chi connectivity index (χ0n) is 17.6. The van der Waals surface area contributed by atoms with Gasteiger partial charge in [0.1, 0.15) is 17.6 Å². The van der Waals surface area contributed by atoms with Crippen LogP contribution in [0.2, 0.25) is 0 Å². The Kier molecular flexibility index (Phi) is 5.06. The Labute approximate surface area is 185 Å². The molecule has 158 valence electrons. The number of carbonyl (C=O) groups is 1. The first-order chi connectivity index (χ1) is 15.6. The number of anilines is 1. The number of nitrogens with one attached hydrogen (secondary N) is 1. The SMILES string of the molecule is CN1C(=O)CNCc2cncn2Cc2ccc(C#N)c(c2)Oc2ccc3cccc1c3c2. The minimum atomic E-state index is -0.0426. The smallest absolute Gasteiger partial charge is 0.240 e. The van der Waals surface area contributed by atoms with Crippen LogP contribution in [0.1, 0.15) is 16.8 Å². The van der Waals surface area contributed by atoms with E-state index in [1.54, 1.807) is 30.5 Å². The summed E-state index contributed by atoms with van der Waals surface area (Å²) in [4.78, 5) is 18.8. The lowest BCUT2D eigenvalue weighted by Gasteiger charge is -2.21. The number of rotatable bonds is 0. The van der Waals surface area contributed by atoms with Crippen molar-refractivity contribution in [2.24, 2.45) is 0 Å². The minimum absolute atomic E-state index is 0.0426. The molecule has 1 aliphatic heterocycles. The van der Waals surface area contributed by atoms with Gasteiger partial charge >= 0.3 is 0 Å². The molecule has 7 heteroatoms. The Morgan fingerprint density at radius 3 is 2.91 bits per heavy atom. The van der Waals surface area contributed by atoms with E-state index in [0.29, 0.717) is 30.2 Å². The second kappa shape index (κ2) is 8.17. The van der Waals surface area contributed by atoms with Crippen LogP contribution in [-0.2, 0) is 17.9 Å². The molecular weight excluding hydrogens is 402 g/mol. The maximum atomic E-state index is 12.9. The second-order valence-electron chi connectivity index (χ2n) is 7.77. The highest BCUT2D eigenvalue weighted by Gasteiger charge is 2.16. The van der Waals surface area contributed by atoms with E-state index >= 15 is 0 Å². The van der Waals surface area contributed by atoms with Crippen LogP contribution < -0.4 is 15.0 Å². The van der Waals surface area contributed by atoms with Gasteiger partial charge in [-0.15, -0.1) is 0 Å². The molecule has 1 N–H and O–H groups in total. The zero-order chi connectivity index (χ0) is 22.1. The summed E-state index contributed by atoms with van der Waals surface area (Å²) in [7, 11) is 1.77. The predicted octanol–water partition coefficient (Wildman–Crippen LogP) is 3.81. The first-order valence-corrected chi connectivity index (χ1v) is 10.3. The summed E-state index contributed by atoms with van der Waals surface area (Å²) in [5.41, 5.74) is 3.21. The van der Waals surface area contributed by atoms with Gasteiger partial charge in [-0.25, -0.2) is 4.98 Å².